The molecule has 0 bridgehead atoms. The Morgan fingerprint density at radius 1 is 0.778 bits per heavy atom. The maximum absolute atomic E-state index is 12.7. The predicted octanol–water partition coefficient (Wildman–Crippen LogP) is 4.55. The third kappa shape index (κ3) is 5.30. The Hall–Kier alpha value is -4.39. The third-order valence-electron chi connectivity index (χ3n) is 6.31. The molecule has 1 saturated heterocycles. The zero-order valence-corrected chi connectivity index (χ0v) is 20.2. The zero-order chi connectivity index (χ0) is 24.7. The second-order valence-electron chi connectivity index (χ2n) is 8.52. The minimum Gasteiger partial charge on any atom is -0.496 e. The number of piperazine rings is 1. The molecule has 1 aromatic heterocycles. The first-order valence-electron chi connectivity index (χ1n) is 12.0. The molecule has 5 rings (SSSR count). The largest absolute Gasteiger partial charge is 0.496 e. The van der Waals surface area contributed by atoms with Crippen LogP contribution in [0.5, 0.6) is 11.5 Å². The van der Waals surface area contributed by atoms with Crippen molar-refractivity contribution < 1.29 is 14.3 Å². The van der Waals surface area contributed by atoms with Crippen molar-refractivity contribution in [1.29, 1.82) is 0 Å². The first-order chi connectivity index (χ1) is 17.7. The number of aromatic nitrogens is 2. The number of para-hydroxylation sites is 1. The number of ether oxygens (including phenoxy) is 2. The van der Waals surface area contributed by atoms with Crippen molar-refractivity contribution >= 4 is 11.7 Å². The second kappa shape index (κ2) is 10.9. The number of anilines is 1. The highest BCUT2D eigenvalue weighted by Crippen LogP contribution is 2.28. The molecule has 1 aliphatic heterocycles. The van der Waals surface area contributed by atoms with Crippen LogP contribution in [0, 0.1) is 0 Å². The van der Waals surface area contributed by atoms with Crippen LogP contribution in [-0.4, -0.2) is 60.9 Å². The summed E-state index contributed by atoms with van der Waals surface area (Å²) in [5, 5.41) is 8.82. The number of carbonyl (C=O) groups excluding carboxylic acids is 1. The highest BCUT2D eigenvalue weighted by molar-refractivity contribution is 5.78. The first-order valence-corrected chi connectivity index (χ1v) is 12.0. The van der Waals surface area contributed by atoms with E-state index in [-0.39, 0.29) is 12.5 Å². The molecule has 7 nitrogen and oxygen atoms in total. The number of hydrogen-bond donors (Lipinski definition) is 0. The Bertz CT molecular complexity index is 1290. The van der Waals surface area contributed by atoms with Gasteiger partial charge in [-0.25, -0.2) is 0 Å². The van der Waals surface area contributed by atoms with Crippen LogP contribution in [0.3, 0.4) is 0 Å². The summed E-state index contributed by atoms with van der Waals surface area (Å²) in [5.41, 5.74) is 3.93. The van der Waals surface area contributed by atoms with Crippen molar-refractivity contribution in [3.8, 4) is 33.9 Å². The van der Waals surface area contributed by atoms with Gasteiger partial charge in [0, 0.05) is 31.7 Å². The van der Waals surface area contributed by atoms with E-state index in [1.165, 1.54) is 0 Å². The molecule has 36 heavy (non-hydrogen) atoms. The van der Waals surface area contributed by atoms with Gasteiger partial charge < -0.3 is 19.3 Å². The van der Waals surface area contributed by atoms with Crippen LogP contribution in [0.15, 0.2) is 91.0 Å². The minimum absolute atomic E-state index is 0.0145. The van der Waals surface area contributed by atoms with Crippen molar-refractivity contribution in [3.63, 3.8) is 0 Å². The van der Waals surface area contributed by atoms with E-state index in [1.54, 1.807) is 7.11 Å². The molecule has 0 saturated carbocycles. The fourth-order valence-corrected chi connectivity index (χ4v) is 4.29. The average Bonchev–Trinajstić information content (AvgIpc) is 2.97. The lowest BCUT2D eigenvalue weighted by Gasteiger charge is -2.35. The molecule has 0 radical (unpaired) electrons. The topological polar surface area (TPSA) is 67.8 Å². The van der Waals surface area contributed by atoms with Gasteiger partial charge in [-0.1, -0.05) is 54.6 Å². The molecule has 1 aliphatic rings. The Morgan fingerprint density at radius 3 is 2.17 bits per heavy atom. The number of hydrogen-bond acceptors (Lipinski definition) is 6. The second-order valence-corrected chi connectivity index (χ2v) is 8.52. The van der Waals surface area contributed by atoms with Gasteiger partial charge in [0.15, 0.2) is 12.4 Å². The molecule has 182 valence electrons. The third-order valence-corrected chi connectivity index (χ3v) is 6.31. The first kappa shape index (κ1) is 23.4. The van der Waals surface area contributed by atoms with E-state index in [2.05, 4.69) is 27.2 Å². The summed E-state index contributed by atoms with van der Waals surface area (Å²) in [6.07, 6.45) is 0. The molecular formula is C29H28N4O3. The number of nitrogens with zero attached hydrogens (tertiary/aromatic N) is 4. The fraction of sp³-hybridized carbons (Fsp3) is 0.207. The van der Waals surface area contributed by atoms with Gasteiger partial charge in [-0.3, -0.25) is 4.79 Å². The molecule has 1 fully saturated rings. The maximum Gasteiger partial charge on any atom is 0.260 e. The summed E-state index contributed by atoms with van der Waals surface area (Å²) in [4.78, 5) is 16.7. The quantitative estimate of drug-likeness (QED) is 0.387. The van der Waals surface area contributed by atoms with Crippen LogP contribution in [0.1, 0.15) is 0 Å². The summed E-state index contributed by atoms with van der Waals surface area (Å²) in [6.45, 7) is 2.65. The summed E-state index contributed by atoms with van der Waals surface area (Å²) in [6, 6.07) is 29.7. The van der Waals surface area contributed by atoms with E-state index < -0.39 is 0 Å². The zero-order valence-electron chi connectivity index (χ0n) is 20.2. The highest BCUT2D eigenvalue weighted by Gasteiger charge is 2.22. The van der Waals surface area contributed by atoms with Crippen molar-refractivity contribution in [2.24, 2.45) is 0 Å². The van der Waals surface area contributed by atoms with Crippen LogP contribution < -0.4 is 14.4 Å². The normalized spacial score (nSPS) is 13.4. The van der Waals surface area contributed by atoms with Gasteiger partial charge >= 0.3 is 0 Å². The van der Waals surface area contributed by atoms with Crippen LogP contribution >= 0.6 is 0 Å². The SMILES string of the molecule is COc1ccccc1-c1ccc(N2CCN(C(=O)COc3ccc(-c4ccccc4)cc3)CC2)nn1. The number of amides is 1. The van der Waals surface area contributed by atoms with Gasteiger partial charge in [-0.15, -0.1) is 10.2 Å². The molecule has 1 amide bonds. The lowest BCUT2D eigenvalue weighted by atomic mass is 10.1. The van der Waals surface area contributed by atoms with Crippen molar-refractivity contribution in [2.45, 2.75) is 0 Å². The summed E-state index contributed by atoms with van der Waals surface area (Å²) < 4.78 is 11.2. The molecule has 0 N–H and O–H groups in total. The van der Waals surface area contributed by atoms with Gasteiger partial charge in [0.05, 0.1) is 12.8 Å². The van der Waals surface area contributed by atoms with Gasteiger partial charge in [0.1, 0.15) is 11.5 Å². The lowest BCUT2D eigenvalue weighted by molar-refractivity contribution is -0.133. The molecule has 7 heteroatoms. The van der Waals surface area contributed by atoms with E-state index in [1.807, 2.05) is 83.8 Å². The van der Waals surface area contributed by atoms with E-state index in [4.69, 9.17) is 9.47 Å². The van der Waals surface area contributed by atoms with Crippen LogP contribution in [0.2, 0.25) is 0 Å². The number of methoxy groups -OCH3 is 1. The number of benzene rings is 3. The Labute approximate surface area is 210 Å². The lowest BCUT2D eigenvalue weighted by Crippen LogP contribution is -2.50. The van der Waals surface area contributed by atoms with E-state index >= 15 is 0 Å². The van der Waals surface area contributed by atoms with Crippen molar-refractivity contribution in [3.05, 3.63) is 91.0 Å². The molecule has 3 aromatic carbocycles. The van der Waals surface area contributed by atoms with Crippen LogP contribution in [0.4, 0.5) is 5.82 Å². The Balaban J connectivity index is 1.12. The van der Waals surface area contributed by atoms with Gasteiger partial charge in [0.25, 0.3) is 5.91 Å². The Kier molecular flexibility index (Phi) is 7.07. The van der Waals surface area contributed by atoms with Gasteiger partial charge in [0.2, 0.25) is 0 Å². The minimum atomic E-state index is -0.0145. The molecule has 0 atom stereocenters. The maximum atomic E-state index is 12.7. The summed E-state index contributed by atoms with van der Waals surface area (Å²) >= 11 is 0. The average molecular weight is 481 g/mol. The standard InChI is InChI=1S/C29H28N4O3/c1-35-27-10-6-5-9-25(27)26-15-16-28(31-30-26)32-17-19-33(20-18-32)29(34)21-36-24-13-11-23(12-14-24)22-7-3-2-4-8-22/h2-16H,17-21H2,1H3. The molecule has 2 heterocycles. The van der Waals surface area contributed by atoms with Gasteiger partial charge in [-0.05, 0) is 47.5 Å². The summed E-state index contributed by atoms with van der Waals surface area (Å²) in [5.74, 6) is 2.24. The predicted molar refractivity (Wildman–Crippen MR) is 140 cm³/mol. The van der Waals surface area contributed by atoms with E-state index in [0.29, 0.717) is 31.9 Å². The monoisotopic (exact) mass is 480 g/mol. The van der Waals surface area contributed by atoms with Crippen molar-refractivity contribution in [1.82, 2.24) is 15.1 Å². The molecule has 0 unspecified atom stereocenters. The smallest absolute Gasteiger partial charge is 0.260 e. The van der Waals surface area contributed by atoms with E-state index in [9.17, 15) is 4.79 Å². The van der Waals surface area contributed by atoms with Crippen LogP contribution in [-0.2, 0) is 4.79 Å². The molecular weight excluding hydrogens is 452 g/mol. The number of carbonyl (C=O) groups is 1. The van der Waals surface area contributed by atoms with Crippen LogP contribution in [0.25, 0.3) is 22.4 Å². The molecule has 0 aliphatic carbocycles. The van der Waals surface area contributed by atoms with E-state index in [0.717, 1.165) is 34.0 Å². The molecule has 4 aromatic rings. The number of rotatable bonds is 7. The summed E-state index contributed by atoms with van der Waals surface area (Å²) in [7, 11) is 1.65. The highest BCUT2D eigenvalue weighted by atomic mass is 16.5. The van der Waals surface area contributed by atoms with Gasteiger partial charge in [-0.2, -0.15) is 0 Å². The molecule has 0 spiro atoms. The fourth-order valence-electron chi connectivity index (χ4n) is 4.29. The van der Waals surface area contributed by atoms with Crippen molar-refractivity contribution in [2.75, 3.05) is 44.8 Å². The Morgan fingerprint density at radius 2 is 1.47 bits per heavy atom.